The fraction of sp³-hybridized carbons (Fsp3) is 0. The van der Waals surface area contributed by atoms with E-state index >= 15 is 0 Å². The molecule has 16 heterocycles. The van der Waals surface area contributed by atoms with Crippen molar-refractivity contribution < 1.29 is 63.2 Å². The number of hydrogen-bond donors (Lipinski definition) is 0. The van der Waals surface area contributed by atoms with Crippen LogP contribution in [0.4, 0.5) is 0 Å². The van der Waals surface area contributed by atoms with Gasteiger partial charge < -0.3 is 28.2 Å². The molecule has 0 aliphatic heterocycles. The first-order valence-corrected chi connectivity index (χ1v) is 44.8. The van der Waals surface area contributed by atoms with Crippen LogP contribution in [0.2, 0.25) is 0 Å². The Labute approximate surface area is 836 Å². The Bertz CT molecular complexity index is 9620. The second-order valence-corrected chi connectivity index (χ2v) is 33.5. The molecular formula is C117H69N19Pt3. The summed E-state index contributed by atoms with van der Waals surface area (Å²) in [4.78, 5) is 28.1. The Morgan fingerprint density at radius 1 is 0.173 bits per heavy atom. The zero-order valence-corrected chi connectivity index (χ0v) is 80.1. The van der Waals surface area contributed by atoms with Crippen LogP contribution in [-0.4, -0.2) is 91.2 Å². The van der Waals surface area contributed by atoms with Crippen LogP contribution in [-0.2, 0) is 63.2 Å². The summed E-state index contributed by atoms with van der Waals surface area (Å²) in [6.45, 7) is 0. The van der Waals surface area contributed by atoms with E-state index < -0.39 is 0 Å². The van der Waals surface area contributed by atoms with Crippen LogP contribution in [0, 0.1) is 36.4 Å². The van der Waals surface area contributed by atoms with Crippen molar-refractivity contribution in [1.29, 1.82) is 0 Å². The van der Waals surface area contributed by atoms with Gasteiger partial charge >= 0.3 is 63.2 Å². The van der Waals surface area contributed by atoms with Crippen LogP contribution in [0.15, 0.2) is 420 Å². The van der Waals surface area contributed by atoms with Gasteiger partial charge in [-0.1, -0.05) is 185 Å². The predicted octanol–water partition coefficient (Wildman–Crippen LogP) is 25.8. The number of para-hydroxylation sites is 7. The first-order valence-electron chi connectivity index (χ1n) is 44.8. The topological polar surface area (TPSA) is 165 Å². The van der Waals surface area contributed by atoms with E-state index in [9.17, 15) is 0 Å². The van der Waals surface area contributed by atoms with E-state index in [4.69, 9.17) is 35.2 Å². The van der Waals surface area contributed by atoms with E-state index in [0.717, 1.165) is 211 Å². The van der Waals surface area contributed by atoms with Gasteiger partial charge in [-0.3, -0.25) is 27.7 Å². The van der Waals surface area contributed by atoms with Gasteiger partial charge in [0.25, 0.3) is 0 Å². The Hall–Kier alpha value is -16.9. The van der Waals surface area contributed by atoms with Crippen molar-refractivity contribution >= 4 is 153 Å². The van der Waals surface area contributed by atoms with Crippen LogP contribution >= 0.6 is 0 Å². The number of aromatic nitrogens is 19. The average Bonchev–Trinajstić information content (AvgIpc) is 1.57. The molecule has 0 fully saturated rings. The molecule has 16 aromatic heterocycles. The number of nitrogens with zero attached hydrogens (tertiary/aromatic N) is 19. The van der Waals surface area contributed by atoms with Gasteiger partial charge in [0, 0.05) is 96.8 Å². The fourth-order valence-electron chi connectivity index (χ4n) is 19.9. The summed E-state index contributed by atoms with van der Waals surface area (Å²) in [5.74, 6) is 0. The second-order valence-electron chi connectivity index (χ2n) is 33.5. The summed E-state index contributed by atoms with van der Waals surface area (Å²) >= 11 is 0. The number of fused-ring (bicyclic) bond motifs is 21. The van der Waals surface area contributed by atoms with Crippen LogP contribution < -0.4 is 0 Å². The molecule has 0 N–H and O–H groups in total. The van der Waals surface area contributed by atoms with Gasteiger partial charge in [0.05, 0.1) is 76.3 Å². The molecule has 0 amide bonds. The minimum Gasteiger partial charge on any atom is -0.358 e. The van der Waals surface area contributed by atoms with E-state index in [-0.39, 0.29) is 63.2 Å². The van der Waals surface area contributed by atoms with Gasteiger partial charge in [-0.15, -0.1) is 125 Å². The third kappa shape index (κ3) is 14.2. The minimum atomic E-state index is 0. The van der Waals surface area contributed by atoms with E-state index in [1.54, 1.807) is 0 Å². The molecular weight excluding hydrogens is 2260 g/mol. The fourth-order valence-corrected chi connectivity index (χ4v) is 19.9. The van der Waals surface area contributed by atoms with Crippen molar-refractivity contribution in [3.8, 4) is 79.4 Å². The third-order valence-corrected chi connectivity index (χ3v) is 25.8. The van der Waals surface area contributed by atoms with Gasteiger partial charge in [-0.2, -0.15) is 39.6 Å². The molecule has 0 saturated carbocycles. The Kier molecular flexibility index (Phi) is 21.4. The minimum absolute atomic E-state index is 0. The molecule has 139 heavy (non-hydrogen) atoms. The zero-order chi connectivity index (χ0) is 89.4. The Morgan fingerprint density at radius 3 is 0.813 bits per heavy atom. The van der Waals surface area contributed by atoms with Gasteiger partial charge in [-0.05, 0) is 159 Å². The number of pyridine rings is 6. The molecule has 0 unspecified atom stereocenters. The first-order chi connectivity index (χ1) is 67.5. The third-order valence-electron chi connectivity index (χ3n) is 25.8. The van der Waals surface area contributed by atoms with Crippen molar-refractivity contribution in [2.75, 3.05) is 0 Å². The van der Waals surface area contributed by atoms with Gasteiger partial charge in [0.2, 0.25) is 0 Å². The van der Waals surface area contributed by atoms with Crippen molar-refractivity contribution in [1.82, 2.24) is 91.2 Å². The summed E-state index contributed by atoms with van der Waals surface area (Å²) in [6, 6.07) is 141. The van der Waals surface area contributed by atoms with Crippen LogP contribution in [0.1, 0.15) is 0 Å². The Morgan fingerprint density at radius 2 is 0.439 bits per heavy atom. The number of rotatable bonds is 12. The monoisotopic (exact) mass is 2320 g/mol. The largest absolute Gasteiger partial charge is 2.00 e. The maximum Gasteiger partial charge on any atom is 2.00 e. The maximum atomic E-state index is 4.83. The molecule has 13 aromatic carbocycles. The normalized spacial score (nSPS) is 11.6. The predicted molar refractivity (Wildman–Crippen MR) is 542 cm³/mol. The van der Waals surface area contributed by atoms with Gasteiger partial charge in [-0.25, -0.2) is 19.9 Å². The van der Waals surface area contributed by atoms with Crippen molar-refractivity contribution in [2.45, 2.75) is 0 Å². The second kappa shape index (κ2) is 35.1. The van der Waals surface area contributed by atoms with E-state index in [2.05, 4.69) is 345 Å². The Balaban J connectivity index is 0.000000113. The van der Waals surface area contributed by atoms with E-state index in [1.807, 2.05) is 167 Å². The molecule has 0 saturated heterocycles. The van der Waals surface area contributed by atoms with E-state index in [0.29, 0.717) is 0 Å². The molecule has 22 heteroatoms. The zero-order valence-electron chi connectivity index (χ0n) is 73.3. The molecule has 0 atom stereocenters. The van der Waals surface area contributed by atoms with Crippen molar-refractivity contribution in [3.63, 3.8) is 0 Å². The van der Waals surface area contributed by atoms with Crippen LogP contribution in [0.3, 0.4) is 0 Å². The SMILES string of the molecule is [Pt+2].[Pt+2].[Pt+2].[c-]1c(-c2ccccn2)cccc1-n1c2[c-]c(-n3cc(-n4c5ccccc5c5cccnc54)cn3)ccc2c2ccccc21.[c-]1c(-n2c3[c-]c(-n4cc(-n5c6ccccc6c6cccnc65)cn4)ccc3c3ccccc32)cccc1-n1c2ccccc2c2cccnc21.[c-]1c(-n2cc(-n3c4ccccc4c4cccnc43)cn2)cccc1-n1c2[c-]c(-c3ccccn3)ccc2c2ccccc21. The summed E-state index contributed by atoms with van der Waals surface area (Å²) < 4.78 is 21.1. The molecule has 0 aliphatic carbocycles. The van der Waals surface area contributed by atoms with Gasteiger partial charge in [0.15, 0.2) is 0 Å². The van der Waals surface area contributed by atoms with Crippen LogP contribution in [0.5, 0.6) is 0 Å². The first kappa shape index (κ1) is 85.0. The summed E-state index contributed by atoms with van der Waals surface area (Å²) in [5, 5.41) is 30.4. The smallest absolute Gasteiger partial charge is 0.358 e. The quantitative estimate of drug-likeness (QED) is 0.108. The standard InChI is InChI=1S/C43H25N7.2C37H22N6.3Pt/c1-4-17-38-32(12-1)35-21-20-28(47-27-31(26-46-47)50-40-19-6-3-14-34(40)37-16-9-23-45-43(37)50)25-41(35)48(38)29-10-7-11-30(24-29)49-39-18-5-2-13-33(39)36-15-8-22-44-42(36)49;1-3-15-34-29(11-1)31-18-17-25(33-14-5-6-19-38-33)21-36(31)42(34)27-10-7-9-26(22-27)41-24-28(23-40-41)43-35-16-4-2-12-30(35)32-13-8-20-39-37(32)43;1-3-15-34-29(11-1)31-18-17-26(22-36(31)42(34)27-10-7-9-25(21-27)33-14-5-6-19-38-33)41-24-28(23-40-41)43-35-16-4-2-12-30(35)32-13-8-20-39-37(32)43;;;/h1-23,26-27H;2*1-20,23-24H;;;/q3*-2;3*+2. The molecule has 0 radical (unpaired) electrons. The molecule has 0 bridgehead atoms. The molecule has 29 aromatic rings. The molecule has 662 valence electrons. The van der Waals surface area contributed by atoms with Crippen LogP contribution in [0.25, 0.3) is 233 Å². The molecule has 0 aliphatic rings. The van der Waals surface area contributed by atoms with E-state index in [1.165, 1.54) is 21.5 Å². The van der Waals surface area contributed by atoms with Crippen molar-refractivity contribution in [3.05, 3.63) is 457 Å². The molecule has 29 rings (SSSR count). The molecule has 0 spiro atoms. The maximum absolute atomic E-state index is 4.83. The summed E-state index contributed by atoms with van der Waals surface area (Å²) in [5.41, 5.74) is 26.9. The van der Waals surface area contributed by atoms with Gasteiger partial charge in [0.1, 0.15) is 22.6 Å². The average molecular weight is 2330 g/mol. The number of benzene rings is 13. The number of hydrogen-bond acceptors (Lipinski definition) is 9. The molecule has 19 nitrogen and oxygen atoms in total. The summed E-state index contributed by atoms with van der Waals surface area (Å²) in [7, 11) is 0. The van der Waals surface area contributed by atoms with Crippen molar-refractivity contribution in [2.24, 2.45) is 0 Å². The summed E-state index contributed by atoms with van der Waals surface area (Å²) in [6.07, 6.45) is 22.8.